The van der Waals surface area contributed by atoms with Crippen LogP contribution < -0.4 is 0 Å². The Morgan fingerprint density at radius 2 is 2.00 bits per heavy atom. The van der Waals surface area contributed by atoms with Crippen LogP contribution in [0.5, 0.6) is 0 Å². The zero-order chi connectivity index (χ0) is 14.1. The summed E-state index contributed by atoms with van der Waals surface area (Å²) in [5.74, 6) is -1.69. The third kappa shape index (κ3) is 2.91. The molecule has 0 saturated heterocycles. The molecule has 98 valence electrons. The molecule has 0 amide bonds. The molecule has 0 bridgehead atoms. The number of nitro groups is 1. The molecule has 1 aromatic carbocycles. The Hall–Kier alpha value is -0.900. The Bertz CT molecular complexity index is 519. The zero-order valence-corrected chi connectivity index (χ0v) is 11.3. The SMILES string of the molecule is O=C(CCl)c1ccc(I)c([N+](=O)[O-])c1C(F)(F)F. The van der Waals surface area contributed by atoms with Crippen LogP contribution in [0.4, 0.5) is 18.9 Å². The van der Waals surface area contributed by atoms with E-state index in [4.69, 9.17) is 11.6 Å². The molecule has 0 aliphatic carbocycles. The summed E-state index contributed by atoms with van der Waals surface area (Å²) in [5.41, 5.74) is -3.46. The molecular formula is C9H4ClF3INO3. The Morgan fingerprint density at radius 3 is 2.39 bits per heavy atom. The lowest BCUT2D eigenvalue weighted by molar-refractivity contribution is -0.389. The van der Waals surface area contributed by atoms with Crippen LogP contribution in [0.25, 0.3) is 0 Å². The maximum Gasteiger partial charge on any atom is 0.423 e. The van der Waals surface area contributed by atoms with Crippen molar-refractivity contribution in [3.63, 3.8) is 0 Å². The van der Waals surface area contributed by atoms with Crippen molar-refractivity contribution in [1.29, 1.82) is 0 Å². The molecule has 4 nitrogen and oxygen atoms in total. The van der Waals surface area contributed by atoms with Gasteiger partial charge in [-0.25, -0.2) is 0 Å². The van der Waals surface area contributed by atoms with Crippen molar-refractivity contribution in [3.05, 3.63) is 36.9 Å². The minimum atomic E-state index is -5.00. The summed E-state index contributed by atoms with van der Waals surface area (Å²) in [6, 6.07) is 1.97. The van der Waals surface area contributed by atoms with E-state index in [1.165, 1.54) is 22.6 Å². The molecule has 0 N–H and O–H groups in total. The molecule has 9 heteroatoms. The van der Waals surface area contributed by atoms with Crippen molar-refractivity contribution in [2.75, 3.05) is 5.88 Å². The van der Waals surface area contributed by atoms with Gasteiger partial charge in [0.2, 0.25) is 0 Å². The molecule has 0 aliphatic rings. The Kier molecular flexibility index (Phi) is 4.54. The van der Waals surface area contributed by atoms with Gasteiger partial charge in [0.15, 0.2) is 5.78 Å². The monoisotopic (exact) mass is 393 g/mol. The van der Waals surface area contributed by atoms with Crippen LogP contribution in [0.2, 0.25) is 0 Å². The van der Waals surface area contributed by atoms with Crippen LogP contribution in [0, 0.1) is 13.7 Å². The fourth-order valence-corrected chi connectivity index (χ4v) is 2.13. The quantitative estimate of drug-likeness (QED) is 0.259. The molecule has 0 radical (unpaired) electrons. The van der Waals surface area contributed by atoms with E-state index in [-0.39, 0.29) is 3.57 Å². The third-order valence-electron chi connectivity index (χ3n) is 2.02. The Labute approximate surface area is 117 Å². The average Bonchev–Trinajstić information content (AvgIpc) is 2.25. The molecule has 0 saturated carbocycles. The molecular weight excluding hydrogens is 389 g/mol. The lowest BCUT2D eigenvalue weighted by Gasteiger charge is -2.12. The predicted octanol–water partition coefficient (Wildman–Crippen LogP) is 3.64. The average molecular weight is 393 g/mol. The van der Waals surface area contributed by atoms with Gasteiger partial charge in [-0.2, -0.15) is 13.2 Å². The number of nitrogens with zero attached hydrogens (tertiary/aromatic N) is 1. The summed E-state index contributed by atoms with van der Waals surface area (Å²) in [4.78, 5) is 20.9. The van der Waals surface area contributed by atoms with Crippen molar-refractivity contribution < 1.29 is 22.9 Å². The molecule has 1 rings (SSSR count). The van der Waals surface area contributed by atoms with E-state index < -0.39 is 39.6 Å². The number of benzene rings is 1. The maximum atomic E-state index is 12.8. The lowest BCUT2D eigenvalue weighted by atomic mass is 10.0. The first-order valence-electron chi connectivity index (χ1n) is 4.33. The van der Waals surface area contributed by atoms with Crippen LogP contribution in [-0.2, 0) is 6.18 Å². The number of carbonyl (C=O) groups excluding carboxylic acids is 1. The van der Waals surface area contributed by atoms with E-state index in [0.29, 0.717) is 0 Å². The zero-order valence-electron chi connectivity index (χ0n) is 8.42. The number of nitro benzene ring substituents is 1. The van der Waals surface area contributed by atoms with Crippen molar-refractivity contribution in [3.8, 4) is 0 Å². The molecule has 0 spiro atoms. The molecule has 0 unspecified atom stereocenters. The van der Waals surface area contributed by atoms with E-state index in [0.717, 1.165) is 12.1 Å². The first kappa shape index (κ1) is 15.2. The second-order valence-corrected chi connectivity index (χ2v) is 4.56. The van der Waals surface area contributed by atoms with Crippen LogP contribution in [0.1, 0.15) is 15.9 Å². The second-order valence-electron chi connectivity index (χ2n) is 3.13. The van der Waals surface area contributed by atoms with Gasteiger partial charge in [0.05, 0.1) is 14.4 Å². The predicted molar refractivity (Wildman–Crippen MR) is 65.9 cm³/mol. The summed E-state index contributed by atoms with van der Waals surface area (Å²) >= 11 is 6.60. The number of Topliss-reactive ketones (excluding diaryl/α,β-unsaturated/α-hetero) is 1. The van der Waals surface area contributed by atoms with Crippen LogP contribution in [-0.4, -0.2) is 16.6 Å². The van der Waals surface area contributed by atoms with Crippen molar-refractivity contribution in [2.24, 2.45) is 0 Å². The lowest BCUT2D eigenvalue weighted by Crippen LogP contribution is -2.17. The molecule has 0 heterocycles. The molecule has 0 atom stereocenters. The van der Waals surface area contributed by atoms with Gasteiger partial charge in [0, 0.05) is 5.56 Å². The Morgan fingerprint density at radius 1 is 1.44 bits per heavy atom. The van der Waals surface area contributed by atoms with Crippen LogP contribution in [0.15, 0.2) is 12.1 Å². The number of hydrogen-bond acceptors (Lipinski definition) is 3. The fourth-order valence-electron chi connectivity index (χ4n) is 1.34. The molecule has 18 heavy (non-hydrogen) atoms. The minimum absolute atomic E-state index is 0.198. The van der Waals surface area contributed by atoms with Gasteiger partial charge in [-0.05, 0) is 34.7 Å². The van der Waals surface area contributed by atoms with E-state index >= 15 is 0 Å². The van der Waals surface area contributed by atoms with Crippen LogP contribution in [0.3, 0.4) is 0 Å². The first-order valence-corrected chi connectivity index (χ1v) is 5.94. The van der Waals surface area contributed by atoms with Gasteiger partial charge in [0.25, 0.3) is 5.69 Å². The number of ketones is 1. The number of hydrogen-bond donors (Lipinski definition) is 0. The topological polar surface area (TPSA) is 60.2 Å². The minimum Gasteiger partial charge on any atom is -0.293 e. The van der Waals surface area contributed by atoms with Gasteiger partial charge in [0.1, 0.15) is 5.56 Å². The van der Waals surface area contributed by atoms with Gasteiger partial charge in [-0.15, -0.1) is 11.6 Å². The number of carbonyl (C=O) groups is 1. The van der Waals surface area contributed by atoms with E-state index in [2.05, 4.69) is 0 Å². The fraction of sp³-hybridized carbons (Fsp3) is 0.222. The summed E-state index contributed by atoms with van der Waals surface area (Å²) in [6.07, 6.45) is -5.00. The molecule has 0 aliphatic heterocycles. The normalized spacial score (nSPS) is 11.4. The number of alkyl halides is 4. The van der Waals surface area contributed by atoms with Gasteiger partial charge in [-0.1, -0.05) is 0 Å². The highest BCUT2D eigenvalue weighted by atomic mass is 127. The largest absolute Gasteiger partial charge is 0.423 e. The van der Waals surface area contributed by atoms with E-state index in [1.807, 2.05) is 0 Å². The molecule has 0 aromatic heterocycles. The number of rotatable bonds is 3. The highest BCUT2D eigenvalue weighted by Crippen LogP contribution is 2.41. The standard InChI is InChI=1S/C9H4ClF3INO3/c10-3-6(16)4-1-2-5(14)8(15(17)18)7(4)9(11,12)13/h1-2H,3H2. The third-order valence-corrected chi connectivity index (χ3v) is 3.13. The smallest absolute Gasteiger partial charge is 0.293 e. The molecule has 1 aromatic rings. The summed E-state index contributed by atoms with van der Waals surface area (Å²) in [7, 11) is 0. The van der Waals surface area contributed by atoms with Crippen molar-refractivity contribution in [1.82, 2.24) is 0 Å². The van der Waals surface area contributed by atoms with Crippen molar-refractivity contribution in [2.45, 2.75) is 6.18 Å². The van der Waals surface area contributed by atoms with Gasteiger partial charge < -0.3 is 0 Å². The highest BCUT2D eigenvalue weighted by molar-refractivity contribution is 14.1. The van der Waals surface area contributed by atoms with Crippen molar-refractivity contribution >= 4 is 45.7 Å². The summed E-state index contributed by atoms with van der Waals surface area (Å²) in [6.45, 7) is 0. The first-order chi connectivity index (χ1) is 8.20. The van der Waals surface area contributed by atoms with Gasteiger partial charge in [-0.3, -0.25) is 14.9 Å². The summed E-state index contributed by atoms with van der Waals surface area (Å²) in [5, 5.41) is 10.7. The number of halogens is 5. The Balaban J connectivity index is 3.71. The highest BCUT2D eigenvalue weighted by Gasteiger charge is 2.43. The van der Waals surface area contributed by atoms with Gasteiger partial charge >= 0.3 is 6.18 Å². The second kappa shape index (κ2) is 5.39. The molecule has 0 fully saturated rings. The van der Waals surface area contributed by atoms with E-state index in [1.54, 1.807) is 0 Å². The van der Waals surface area contributed by atoms with E-state index in [9.17, 15) is 28.1 Å². The summed E-state index contributed by atoms with van der Waals surface area (Å²) < 4.78 is 38.3. The maximum absolute atomic E-state index is 12.8. The van der Waals surface area contributed by atoms with Crippen LogP contribution >= 0.6 is 34.2 Å².